The van der Waals surface area contributed by atoms with Crippen molar-refractivity contribution in [2.75, 3.05) is 0 Å². The van der Waals surface area contributed by atoms with Crippen LogP contribution in [0.5, 0.6) is 0 Å². The SMILES string of the molecule is [CH2-]c1cccc2cc3ccc4cccc5ccc(c12)c3c45. The van der Waals surface area contributed by atoms with Gasteiger partial charge in [-0.15, -0.1) is 11.5 Å². The Labute approximate surface area is 123 Å². The summed E-state index contributed by atoms with van der Waals surface area (Å²) in [6.45, 7) is 4.23. The molecular formula is C21H13-. The summed E-state index contributed by atoms with van der Waals surface area (Å²) in [5.41, 5.74) is 1.10. The highest BCUT2D eigenvalue weighted by Gasteiger charge is 2.08. The van der Waals surface area contributed by atoms with E-state index in [4.69, 9.17) is 0 Å². The molecule has 0 saturated heterocycles. The molecule has 0 N–H and O–H groups in total. The molecule has 5 aromatic rings. The van der Waals surface area contributed by atoms with Gasteiger partial charge in [0.15, 0.2) is 0 Å². The van der Waals surface area contributed by atoms with E-state index in [0.29, 0.717) is 0 Å². The molecule has 0 atom stereocenters. The van der Waals surface area contributed by atoms with Crippen LogP contribution in [0, 0.1) is 6.92 Å². The van der Waals surface area contributed by atoms with Crippen LogP contribution < -0.4 is 0 Å². The maximum Gasteiger partial charge on any atom is -0.00373 e. The Bertz CT molecular complexity index is 1120. The molecule has 0 heteroatoms. The molecule has 0 fully saturated rings. The second kappa shape index (κ2) is 3.67. The van der Waals surface area contributed by atoms with E-state index in [1.807, 2.05) is 0 Å². The van der Waals surface area contributed by atoms with Gasteiger partial charge in [-0.1, -0.05) is 65.4 Å². The van der Waals surface area contributed by atoms with Gasteiger partial charge in [-0.25, -0.2) is 0 Å². The minimum Gasteiger partial charge on any atom is -0.198 e. The molecule has 0 unspecified atom stereocenters. The third kappa shape index (κ3) is 1.32. The minimum absolute atomic E-state index is 1.10. The first-order valence-electron chi connectivity index (χ1n) is 7.24. The Hall–Kier alpha value is -2.73. The molecule has 0 aliphatic heterocycles. The lowest BCUT2D eigenvalue weighted by Crippen LogP contribution is -1.87. The Kier molecular flexibility index (Phi) is 1.92. The largest absolute Gasteiger partial charge is 0.198 e. The maximum atomic E-state index is 4.23. The third-order valence-electron chi connectivity index (χ3n) is 4.57. The molecule has 0 nitrogen and oxygen atoms in total. The predicted molar refractivity (Wildman–Crippen MR) is 92.1 cm³/mol. The smallest absolute Gasteiger partial charge is 0.00373 e. The summed E-state index contributed by atoms with van der Waals surface area (Å²) >= 11 is 0. The van der Waals surface area contributed by atoms with Crippen LogP contribution in [0.1, 0.15) is 5.56 Å². The van der Waals surface area contributed by atoms with E-state index in [-0.39, 0.29) is 0 Å². The van der Waals surface area contributed by atoms with Gasteiger partial charge in [-0.2, -0.15) is 18.6 Å². The lowest BCUT2D eigenvalue weighted by molar-refractivity contribution is 1.71. The molecule has 98 valence electrons. The zero-order valence-electron chi connectivity index (χ0n) is 11.6. The summed E-state index contributed by atoms with van der Waals surface area (Å²) in [6.07, 6.45) is 0. The zero-order valence-corrected chi connectivity index (χ0v) is 11.6. The molecule has 0 spiro atoms. The normalized spacial score (nSPS) is 12.0. The summed E-state index contributed by atoms with van der Waals surface area (Å²) in [7, 11) is 0. The van der Waals surface area contributed by atoms with Gasteiger partial charge in [0.25, 0.3) is 0 Å². The fraction of sp³-hybridized carbons (Fsp3) is 0. The molecule has 0 radical (unpaired) electrons. The summed E-state index contributed by atoms with van der Waals surface area (Å²) in [5.74, 6) is 0. The van der Waals surface area contributed by atoms with E-state index in [2.05, 4.69) is 73.7 Å². The van der Waals surface area contributed by atoms with Crippen molar-refractivity contribution in [2.45, 2.75) is 0 Å². The van der Waals surface area contributed by atoms with E-state index >= 15 is 0 Å². The molecule has 5 rings (SSSR count). The molecule has 0 saturated carbocycles. The van der Waals surface area contributed by atoms with E-state index in [9.17, 15) is 0 Å². The van der Waals surface area contributed by atoms with Gasteiger partial charge >= 0.3 is 0 Å². The van der Waals surface area contributed by atoms with Gasteiger partial charge in [0.2, 0.25) is 0 Å². The first kappa shape index (κ1) is 11.0. The molecule has 0 aromatic heterocycles. The number of fused-ring (bicyclic) bond motifs is 2. The van der Waals surface area contributed by atoms with Crippen molar-refractivity contribution in [3.05, 3.63) is 79.2 Å². The van der Waals surface area contributed by atoms with Crippen LogP contribution in [-0.4, -0.2) is 0 Å². The van der Waals surface area contributed by atoms with E-state index in [1.165, 1.54) is 43.1 Å². The van der Waals surface area contributed by atoms with E-state index < -0.39 is 0 Å². The molecule has 0 bridgehead atoms. The average Bonchev–Trinajstić information content (AvgIpc) is 2.52. The minimum atomic E-state index is 1.10. The number of benzene rings is 5. The van der Waals surface area contributed by atoms with E-state index in [1.54, 1.807) is 0 Å². The summed E-state index contributed by atoms with van der Waals surface area (Å²) in [5, 5.41) is 10.5. The van der Waals surface area contributed by atoms with Crippen LogP contribution in [0.3, 0.4) is 0 Å². The van der Waals surface area contributed by atoms with Gasteiger partial charge < -0.3 is 0 Å². The topological polar surface area (TPSA) is 0 Å². The number of hydrogen-bond donors (Lipinski definition) is 0. The van der Waals surface area contributed by atoms with Crippen molar-refractivity contribution >= 4 is 43.1 Å². The van der Waals surface area contributed by atoms with Crippen molar-refractivity contribution in [1.29, 1.82) is 0 Å². The molecular weight excluding hydrogens is 252 g/mol. The van der Waals surface area contributed by atoms with Crippen molar-refractivity contribution < 1.29 is 0 Å². The van der Waals surface area contributed by atoms with Gasteiger partial charge in [0.05, 0.1) is 0 Å². The van der Waals surface area contributed by atoms with Gasteiger partial charge in [-0.3, -0.25) is 0 Å². The quantitative estimate of drug-likeness (QED) is 0.185. The molecule has 0 heterocycles. The predicted octanol–water partition coefficient (Wildman–Crippen LogP) is 5.92. The Balaban J connectivity index is 2.23. The molecule has 21 heavy (non-hydrogen) atoms. The second-order valence-electron chi connectivity index (χ2n) is 5.75. The van der Waals surface area contributed by atoms with Crippen molar-refractivity contribution in [2.24, 2.45) is 0 Å². The highest BCUT2D eigenvalue weighted by molar-refractivity contribution is 6.29. The van der Waals surface area contributed by atoms with Crippen molar-refractivity contribution in [3.8, 4) is 0 Å². The Morgan fingerprint density at radius 1 is 0.524 bits per heavy atom. The van der Waals surface area contributed by atoms with Crippen LogP contribution in [0.15, 0.2) is 66.7 Å². The lowest BCUT2D eigenvalue weighted by atomic mass is 9.90. The van der Waals surface area contributed by atoms with Gasteiger partial charge in [0.1, 0.15) is 0 Å². The Morgan fingerprint density at radius 3 is 2.00 bits per heavy atom. The van der Waals surface area contributed by atoms with Crippen LogP contribution in [0.4, 0.5) is 0 Å². The molecule has 0 aliphatic rings. The van der Waals surface area contributed by atoms with Crippen LogP contribution in [0.2, 0.25) is 0 Å². The highest BCUT2D eigenvalue weighted by atomic mass is 14.1. The summed E-state index contributed by atoms with van der Waals surface area (Å²) in [4.78, 5) is 0. The van der Waals surface area contributed by atoms with Crippen molar-refractivity contribution in [3.63, 3.8) is 0 Å². The van der Waals surface area contributed by atoms with Gasteiger partial charge in [-0.05, 0) is 26.9 Å². The van der Waals surface area contributed by atoms with Crippen molar-refractivity contribution in [1.82, 2.24) is 0 Å². The second-order valence-corrected chi connectivity index (χ2v) is 5.75. The van der Waals surface area contributed by atoms with Gasteiger partial charge in [0, 0.05) is 0 Å². The summed E-state index contributed by atoms with van der Waals surface area (Å²) in [6, 6.07) is 24.1. The Morgan fingerprint density at radius 2 is 1.14 bits per heavy atom. The molecule has 0 aliphatic carbocycles. The van der Waals surface area contributed by atoms with Crippen LogP contribution in [-0.2, 0) is 0 Å². The first-order valence-corrected chi connectivity index (χ1v) is 7.24. The monoisotopic (exact) mass is 265 g/mol. The maximum absolute atomic E-state index is 4.23. The molecule has 0 amide bonds. The first-order chi connectivity index (χ1) is 10.3. The fourth-order valence-electron chi connectivity index (χ4n) is 3.67. The third-order valence-corrected chi connectivity index (χ3v) is 4.57. The highest BCUT2D eigenvalue weighted by Crippen LogP contribution is 2.39. The van der Waals surface area contributed by atoms with Crippen LogP contribution >= 0.6 is 0 Å². The lowest BCUT2D eigenvalue weighted by Gasteiger charge is -2.18. The zero-order chi connectivity index (χ0) is 14.0. The van der Waals surface area contributed by atoms with E-state index in [0.717, 1.165) is 5.56 Å². The average molecular weight is 265 g/mol. The fourth-order valence-corrected chi connectivity index (χ4v) is 3.67. The van der Waals surface area contributed by atoms with Crippen LogP contribution in [0.25, 0.3) is 43.1 Å². The number of hydrogen-bond acceptors (Lipinski definition) is 0. The standard InChI is InChI=1S/C21H13/c1-13-4-2-7-16-12-17-9-8-14-5-3-6-15-10-11-18(19(13)16)21(17)20(14)15/h2-12H,1H2/q-1. The molecule has 5 aromatic carbocycles. The number of rotatable bonds is 0. The summed E-state index contributed by atoms with van der Waals surface area (Å²) < 4.78 is 0.